The smallest absolute Gasteiger partial charge is 0.314 e. The zero-order chi connectivity index (χ0) is 20.3. The highest BCUT2D eigenvalue weighted by Gasteiger charge is 2.19. The van der Waals surface area contributed by atoms with Crippen LogP contribution < -0.4 is 16.2 Å². The van der Waals surface area contributed by atoms with Crippen LogP contribution in [0.2, 0.25) is 0 Å². The molecule has 0 saturated heterocycles. The Labute approximate surface area is 160 Å². The monoisotopic (exact) mass is 384 g/mol. The first kappa shape index (κ1) is 19.1. The fourth-order valence-electron chi connectivity index (χ4n) is 2.44. The van der Waals surface area contributed by atoms with Gasteiger partial charge < -0.3 is 15.1 Å². The van der Waals surface area contributed by atoms with Gasteiger partial charge in [0.1, 0.15) is 11.6 Å². The van der Waals surface area contributed by atoms with E-state index in [0.717, 1.165) is 0 Å². The van der Waals surface area contributed by atoms with E-state index in [2.05, 4.69) is 25.7 Å². The molecule has 28 heavy (non-hydrogen) atoms. The summed E-state index contributed by atoms with van der Waals surface area (Å²) in [5.41, 5.74) is 0.819. The molecule has 0 aliphatic heterocycles. The van der Waals surface area contributed by atoms with Gasteiger partial charge in [0.05, 0.1) is 24.2 Å². The Hall–Kier alpha value is -3.69. The van der Waals surface area contributed by atoms with Gasteiger partial charge in [-0.05, 0) is 25.0 Å². The van der Waals surface area contributed by atoms with Crippen molar-refractivity contribution in [2.75, 3.05) is 5.32 Å². The number of aromatic amines is 1. The molecule has 2 amide bonds. The molecule has 3 rings (SSSR count). The molecule has 0 spiro atoms. The third kappa shape index (κ3) is 4.34. The van der Waals surface area contributed by atoms with E-state index in [1.807, 2.05) is 13.8 Å². The second-order valence-corrected chi connectivity index (χ2v) is 6.45. The Morgan fingerprint density at radius 3 is 2.75 bits per heavy atom. The number of carbonyl (C=O) groups is 2. The molecule has 3 aromatic rings. The average Bonchev–Trinajstić information content (AvgIpc) is 3.28. The molecule has 0 unspecified atom stereocenters. The number of hydrogen-bond acceptors (Lipinski definition) is 6. The molecular formula is C18H20N6O4. The maximum Gasteiger partial charge on any atom is 0.314 e. The lowest BCUT2D eigenvalue weighted by molar-refractivity contribution is -0.136. The Bertz CT molecular complexity index is 1050. The normalized spacial score (nSPS) is 10.9. The lowest BCUT2D eigenvalue weighted by Gasteiger charge is -2.10. The van der Waals surface area contributed by atoms with Gasteiger partial charge in [0.15, 0.2) is 0 Å². The van der Waals surface area contributed by atoms with Crippen LogP contribution in [0, 0.1) is 6.92 Å². The van der Waals surface area contributed by atoms with Crippen LogP contribution in [0.5, 0.6) is 0 Å². The quantitative estimate of drug-likeness (QED) is 0.566. The second-order valence-electron chi connectivity index (χ2n) is 6.45. The topological polar surface area (TPSA) is 135 Å². The lowest BCUT2D eigenvalue weighted by Crippen LogP contribution is -2.35. The molecule has 0 fully saturated rings. The minimum absolute atomic E-state index is 0.0307. The number of furan rings is 1. The molecule has 3 heterocycles. The van der Waals surface area contributed by atoms with Crippen molar-refractivity contribution in [3.63, 3.8) is 0 Å². The SMILES string of the molecule is Cc1cc(NC(=O)C(=O)NCc2ccco2)n(-c2nc(C(C)C)cc(=O)[nH]2)n1. The van der Waals surface area contributed by atoms with E-state index in [9.17, 15) is 14.4 Å². The number of H-pyrrole nitrogens is 1. The minimum atomic E-state index is -0.880. The third-order valence-corrected chi connectivity index (χ3v) is 3.82. The van der Waals surface area contributed by atoms with Gasteiger partial charge >= 0.3 is 11.8 Å². The average molecular weight is 384 g/mol. The highest BCUT2D eigenvalue weighted by molar-refractivity contribution is 6.39. The highest BCUT2D eigenvalue weighted by atomic mass is 16.3. The molecule has 146 valence electrons. The summed E-state index contributed by atoms with van der Waals surface area (Å²) in [4.78, 5) is 43.2. The summed E-state index contributed by atoms with van der Waals surface area (Å²) in [7, 11) is 0. The van der Waals surface area contributed by atoms with Crippen molar-refractivity contribution >= 4 is 17.6 Å². The number of rotatable bonds is 5. The van der Waals surface area contributed by atoms with E-state index in [1.54, 1.807) is 25.1 Å². The van der Waals surface area contributed by atoms with Gasteiger partial charge in [0.2, 0.25) is 5.95 Å². The molecule has 10 heteroatoms. The number of nitrogens with zero attached hydrogens (tertiary/aromatic N) is 3. The molecule has 0 atom stereocenters. The van der Waals surface area contributed by atoms with Gasteiger partial charge in [-0.25, -0.2) is 4.98 Å². The number of nitrogens with one attached hydrogen (secondary N) is 3. The molecule has 10 nitrogen and oxygen atoms in total. The number of anilines is 1. The molecular weight excluding hydrogens is 364 g/mol. The first-order valence-corrected chi connectivity index (χ1v) is 8.63. The molecule has 0 bridgehead atoms. The zero-order valence-corrected chi connectivity index (χ0v) is 15.6. The minimum Gasteiger partial charge on any atom is -0.467 e. The number of aryl methyl sites for hydroxylation is 1. The summed E-state index contributed by atoms with van der Waals surface area (Å²) < 4.78 is 6.38. The van der Waals surface area contributed by atoms with Gasteiger partial charge in [-0.15, -0.1) is 0 Å². The summed E-state index contributed by atoms with van der Waals surface area (Å²) in [5.74, 6) is -0.804. The van der Waals surface area contributed by atoms with Crippen molar-refractivity contribution < 1.29 is 14.0 Å². The maximum atomic E-state index is 12.2. The first-order chi connectivity index (χ1) is 13.3. The van der Waals surface area contributed by atoms with E-state index in [-0.39, 0.29) is 29.8 Å². The van der Waals surface area contributed by atoms with Crippen molar-refractivity contribution in [2.45, 2.75) is 33.2 Å². The molecule has 0 aromatic carbocycles. The van der Waals surface area contributed by atoms with Gasteiger partial charge in [-0.3, -0.25) is 19.4 Å². The Morgan fingerprint density at radius 2 is 2.07 bits per heavy atom. The number of amides is 2. The van der Waals surface area contributed by atoms with Crippen molar-refractivity contribution in [1.29, 1.82) is 0 Å². The highest BCUT2D eigenvalue weighted by Crippen LogP contribution is 2.16. The summed E-state index contributed by atoms with van der Waals surface area (Å²) in [6.07, 6.45) is 1.47. The second kappa shape index (κ2) is 7.91. The molecule has 0 aliphatic rings. The van der Waals surface area contributed by atoms with Crippen LogP contribution >= 0.6 is 0 Å². The summed E-state index contributed by atoms with van der Waals surface area (Å²) in [5, 5.41) is 9.19. The third-order valence-electron chi connectivity index (χ3n) is 3.82. The fraction of sp³-hybridized carbons (Fsp3) is 0.278. The summed E-state index contributed by atoms with van der Waals surface area (Å²) in [6.45, 7) is 5.62. The van der Waals surface area contributed by atoms with E-state index >= 15 is 0 Å². The predicted molar refractivity (Wildman–Crippen MR) is 100.0 cm³/mol. The zero-order valence-electron chi connectivity index (χ0n) is 15.6. The largest absolute Gasteiger partial charge is 0.467 e. The number of aromatic nitrogens is 4. The first-order valence-electron chi connectivity index (χ1n) is 8.63. The van der Waals surface area contributed by atoms with Gasteiger partial charge in [0.25, 0.3) is 5.56 Å². The van der Waals surface area contributed by atoms with E-state index in [1.165, 1.54) is 17.0 Å². The standard InChI is InChI=1S/C18H20N6O4/c1-10(2)13-8-15(25)22-18(20-13)24-14(7-11(3)23-24)21-17(27)16(26)19-9-12-5-4-6-28-12/h4-8,10H,9H2,1-3H3,(H,19,26)(H,21,27)(H,20,22,25). The van der Waals surface area contributed by atoms with Crippen LogP contribution in [-0.2, 0) is 16.1 Å². The lowest BCUT2D eigenvalue weighted by atomic mass is 10.1. The van der Waals surface area contributed by atoms with Crippen LogP contribution in [0.25, 0.3) is 5.95 Å². The van der Waals surface area contributed by atoms with Crippen LogP contribution in [0.1, 0.15) is 36.9 Å². The Morgan fingerprint density at radius 1 is 1.29 bits per heavy atom. The Balaban J connectivity index is 1.79. The van der Waals surface area contributed by atoms with Crippen molar-refractivity contribution in [2.24, 2.45) is 0 Å². The fourth-order valence-corrected chi connectivity index (χ4v) is 2.44. The molecule has 0 saturated carbocycles. The van der Waals surface area contributed by atoms with Crippen LogP contribution in [0.3, 0.4) is 0 Å². The van der Waals surface area contributed by atoms with Gasteiger partial charge in [0, 0.05) is 12.1 Å². The maximum absolute atomic E-state index is 12.2. The van der Waals surface area contributed by atoms with E-state index < -0.39 is 11.8 Å². The Kier molecular flexibility index (Phi) is 5.39. The number of carbonyl (C=O) groups excluding carboxylic acids is 2. The van der Waals surface area contributed by atoms with Crippen LogP contribution in [0.4, 0.5) is 5.82 Å². The van der Waals surface area contributed by atoms with Crippen molar-refractivity contribution in [3.8, 4) is 5.95 Å². The molecule has 3 N–H and O–H groups in total. The van der Waals surface area contributed by atoms with Crippen LogP contribution in [0.15, 0.2) is 39.7 Å². The molecule has 0 aliphatic carbocycles. The van der Waals surface area contributed by atoms with Crippen molar-refractivity contribution in [3.05, 3.63) is 58.0 Å². The summed E-state index contributed by atoms with van der Waals surface area (Å²) in [6, 6.07) is 6.34. The van der Waals surface area contributed by atoms with Crippen molar-refractivity contribution in [1.82, 2.24) is 25.1 Å². The van der Waals surface area contributed by atoms with E-state index in [4.69, 9.17) is 4.42 Å². The summed E-state index contributed by atoms with van der Waals surface area (Å²) >= 11 is 0. The molecule has 0 radical (unpaired) electrons. The van der Waals surface area contributed by atoms with E-state index in [0.29, 0.717) is 17.1 Å². The van der Waals surface area contributed by atoms with Crippen LogP contribution in [-0.4, -0.2) is 31.6 Å². The number of hydrogen-bond donors (Lipinski definition) is 3. The molecule has 3 aromatic heterocycles. The predicted octanol–water partition coefficient (Wildman–Crippen LogP) is 1.24. The van der Waals surface area contributed by atoms with Gasteiger partial charge in [-0.1, -0.05) is 13.8 Å². The van der Waals surface area contributed by atoms with Gasteiger partial charge in [-0.2, -0.15) is 9.78 Å².